The molecule has 26 heavy (non-hydrogen) atoms. The van der Waals surface area contributed by atoms with Crippen molar-refractivity contribution in [3.63, 3.8) is 0 Å². The molecule has 1 aromatic heterocycles. The summed E-state index contributed by atoms with van der Waals surface area (Å²) in [6.07, 6.45) is 3.09. The summed E-state index contributed by atoms with van der Waals surface area (Å²) in [5, 5.41) is 0. The molecular weight excluding hydrogens is 333 g/mol. The van der Waals surface area contributed by atoms with Gasteiger partial charge in [-0.05, 0) is 36.4 Å². The number of likely N-dealkylation sites (tertiary alicyclic amines) is 1. The van der Waals surface area contributed by atoms with Gasteiger partial charge in [-0.15, -0.1) is 0 Å². The van der Waals surface area contributed by atoms with E-state index >= 15 is 0 Å². The molecule has 0 radical (unpaired) electrons. The molecule has 2 heterocycles. The Kier molecular flexibility index (Phi) is 4.48. The van der Waals surface area contributed by atoms with E-state index in [0.717, 1.165) is 23.9 Å². The lowest BCUT2D eigenvalue weighted by atomic mass is 10.1. The van der Waals surface area contributed by atoms with Crippen LogP contribution in [0.3, 0.4) is 0 Å². The lowest BCUT2D eigenvalue weighted by Gasteiger charge is -2.32. The second kappa shape index (κ2) is 7.07. The van der Waals surface area contributed by atoms with Crippen molar-refractivity contribution in [2.75, 3.05) is 13.1 Å². The first-order valence-electron chi connectivity index (χ1n) is 8.62. The van der Waals surface area contributed by atoms with Crippen LogP contribution in [0.15, 0.2) is 54.7 Å². The number of hydrogen-bond donors (Lipinski definition) is 0. The fourth-order valence-corrected chi connectivity index (χ4v) is 3.12. The van der Waals surface area contributed by atoms with E-state index in [9.17, 15) is 9.18 Å². The lowest BCUT2D eigenvalue weighted by molar-refractivity contribution is 0.0588. The van der Waals surface area contributed by atoms with Crippen molar-refractivity contribution in [1.82, 2.24) is 14.9 Å². The number of piperidine rings is 1. The molecule has 6 heteroatoms. The number of benzene rings is 2. The van der Waals surface area contributed by atoms with Crippen LogP contribution in [-0.4, -0.2) is 40.0 Å². The minimum absolute atomic E-state index is 0.00253. The monoisotopic (exact) mass is 351 g/mol. The third kappa shape index (κ3) is 3.49. The second-order valence-corrected chi connectivity index (χ2v) is 6.31. The number of rotatable bonds is 3. The molecule has 1 saturated heterocycles. The summed E-state index contributed by atoms with van der Waals surface area (Å²) in [7, 11) is 0. The van der Waals surface area contributed by atoms with Gasteiger partial charge in [0.15, 0.2) is 0 Å². The summed E-state index contributed by atoms with van der Waals surface area (Å²) < 4.78 is 18.9. The molecule has 1 amide bonds. The molecule has 5 nitrogen and oxygen atoms in total. The highest BCUT2D eigenvalue weighted by Gasteiger charge is 2.25. The highest BCUT2D eigenvalue weighted by Crippen LogP contribution is 2.20. The Labute approximate surface area is 150 Å². The van der Waals surface area contributed by atoms with Crippen LogP contribution < -0.4 is 4.74 Å². The molecule has 1 aliphatic heterocycles. The highest BCUT2D eigenvalue weighted by molar-refractivity contribution is 5.94. The first kappa shape index (κ1) is 16.4. The fourth-order valence-electron chi connectivity index (χ4n) is 3.12. The minimum atomic E-state index is -0.342. The quantitative estimate of drug-likeness (QED) is 0.725. The molecule has 2 aromatic carbocycles. The summed E-state index contributed by atoms with van der Waals surface area (Å²) in [5.41, 5.74) is 2.14. The van der Waals surface area contributed by atoms with Crippen LogP contribution in [0, 0.1) is 5.82 Å². The van der Waals surface area contributed by atoms with Crippen molar-refractivity contribution in [2.45, 2.75) is 18.9 Å². The zero-order valence-electron chi connectivity index (χ0n) is 14.1. The predicted molar refractivity (Wildman–Crippen MR) is 95.5 cm³/mol. The normalized spacial score (nSPS) is 15.2. The lowest BCUT2D eigenvalue weighted by Crippen LogP contribution is -2.41. The number of carbonyl (C=O) groups is 1. The van der Waals surface area contributed by atoms with Gasteiger partial charge in [0.25, 0.3) is 5.91 Å². The van der Waals surface area contributed by atoms with Gasteiger partial charge in [-0.25, -0.2) is 14.4 Å². The second-order valence-electron chi connectivity index (χ2n) is 6.31. The molecule has 132 valence electrons. The molecular formula is C20H18FN3O2. The molecule has 0 spiro atoms. The Balaban J connectivity index is 1.37. The van der Waals surface area contributed by atoms with Crippen LogP contribution in [0.5, 0.6) is 5.88 Å². The first-order valence-corrected chi connectivity index (χ1v) is 8.62. The van der Waals surface area contributed by atoms with Crippen molar-refractivity contribution in [2.24, 2.45) is 0 Å². The van der Waals surface area contributed by atoms with E-state index in [-0.39, 0.29) is 17.8 Å². The van der Waals surface area contributed by atoms with Gasteiger partial charge in [0.05, 0.1) is 17.2 Å². The smallest absolute Gasteiger partial charge is 0.253 e. The Morgan fingerprint density at radius 2 is 1.73 bits per heavy atom. The van der Waals surface area contributed by atoms with Gasteiger partial charge in [-0.2, -0.15) is 0 Å². The van der Waals surface area contributed by atoms with E-state index in [4.69, 9.17) is 4.74 Å². The van der Waals surface area contributed by atoms with Gasteiger partial charge in [0.1, 0.15) is 11.9 Å². The summed E-state index contributed by atoms with van der Waals surface area (Å²) in [6, 6.07) is 13.3. The number of nitrogens with zero attached hydrogens (tertiary/aromatic N) is 3. The summed E-state index contributed by atoms with van der Waals surface area (Å²) in [5.74, 6) is 0.0890. The third-order valence-electron chi connectivity index (χ3n) is 4.53. The molecule has 0 unspecified atom stereocenters. The van der Waals surface area contributed by atoms with Crippen LogP contribution >= 0.6 is 0 Å². The van der Waals surface area contributed by atoms with Gasteiger partial charge in [0, 0.05) is 31.5 Å². The van der Waals surface area contributed by atoms with Crippen molar-refractivity contribution in [3.8, 4) is 5.88 Å². The van der Waals surface area contributed by atoms with Gasteiger partial charge in [-0.3, -0.25) is 4.79 Å². The molecule has 0 N–H and O–H groups in total. The van der Waals surface area contributed by atoms with Crippen LogP contribution in [0.2, 0.25) is 0 Å². The van der Waals surface area contributed by atoms with Crippen LogP contribution in [-0.2, 0) is 0 Å². The average Bonchev–Trinajstić information content (AvgIpc) is 2.68. The highest BCUT2D eigenvalue weighted by atomic mass is 19.1. The van der Waals surface area contributed by atoms with Crippen LogP contribution in [0.1, 0.15) is 23.2 Å². The van der Waals surface area contributed by atoms with Crippen molar-refractivity contribution in [3.05, 3.63) is 66.1 Å². The minimum Gasteiger partial charge on any atom is -0.473 e. The summed E-state index contributed by atoms with van der Waals surface area (Å²) in [6.45, 7) is 1.20. The van der Waals surface area contributed by atoms with Gasteiger partial charge in [-0.1, -0.05) is 12.1 Å². The number of amides is 1. The molecule has 0 saturated carbocycles. The van der Waals surface area contributed by atoms with E-state index in [1.165, 1.54) is 24.3 Å². The van der Waals surface area contributed by atoms with Gasteiger partial charge < -0.3 is 9.64 Å². The Hall–Kier alpha value is -3.02. The molecule has 0 aliphatic carbocycles. The molecule has 0 atom stereocenters. The van der Waals surface area contributed by atoms with Gasteiger partial charge in [0.2, 0.25) is 5.88 Å². The van der Waals surface area contributed by atoms with E-state index in [0.29, 0.717) is 24.5 Å². The Bertz CT molecular complexity index is 922. The SMILES string of the molecule is O=C(c1ccc(F)cc1)N1CCC(Oc2cnc3ccccc3n2)CC1. The van der Waals surface area contributed by atoms with Crippen molar-refractivity contribution in [1.29, 1.82) is 0 Å². The number of halogens is 1. The van der Waals surface area contributed by atoms with E-state index < -0.39 is 0 Å². The van der Waals surface area contributed by atoms with Crippen molar-refractivity contribution >= 4 is 16.9 Å². The molecule has 1 aliphatic rings. The number of carbonyl (C=O) groups excluding carboxylic acids is 1. The standard InChI is InChI=1S/C20H18FN3O2/c21-15-7-5-14(6-8-15)20(25)24-11-9-16(10-12-24)26-19-13-22-17-3-1-2-4-18(17)23-19/h1-8,13,16H,9-12H2. The molecule has 1 fully saturated rings. The molecule has 3 aromatic rings. The topological polar surface area (TPSA) is 55.3 Å². The van der Waals surface area contributed by atoms with E-state index in [2.05, 4.69) is 9.97 Å². The number of hydrogen-bond acceptors (Lipinski definition) is 4. The van der Waals surface area contributed by atoms with Crippen LogP contribution in [0.25, 0.3) is 11.0 Å². The number of ether oxygens (including phenoxy) is 1. The zero-order chi connectivity index (χ0) is 17.9. The van der Waals surface area contributed by atoms with E-state index in [1.54, 1.807) is 11.1 Å². The maximum atomic E-state index is 13.0. The maximum Gasteiger partial charge on any atom is 0.253 e. The fraction of sp³-hybridized carbons (Fsp3) is 0.250. The Morgan fingerprint density at radius 1 is 1.04 bits per heavy atom. The largest absolute Gasteiger partial charge is 0.473 e. The molecule has 4 rings (SSSR count). The predicted octanol–water partition coefficient (Wildman–Crippen LogP) is 3.45. The van der Waals surface area contributed by atoms with Crippen molar-refractivity contribution < 1.29 is 13.9 Å². The molecule has 0 bridgehead atoms. The zero-order valence-corrected chi connectivity index (χ0v) is 14.1. The summed E-state index contributed by atoms with van der Waals surface area (Å²) >= 11 is 0. The van der Waals surface area contributed by atoms with E-state index in [1.807, 2.05) is 24.3 Å². The summed E-state index contributed by atoms with van der Waals surface area (Å²) in [4.78, 5) is 23.1. The van der Waals surface area contributed by atoms with Gasteiger partial charge >= 0.3 is 0 Å². The van der Waals surface area contributed by atoms with Crippen LogP contribution in [0.4, 0.5) is 4.39 Å². The third-order valence-corrected chi connectivity index (χ3v) is 4.53. The first-order chi connectivity index (χ1) is 12.7. The average molecular weight is 351 g/mol. The number of fused-ring (bicyclic) bond motifs is 1. The number of para-hydroxylation sites is 2. The Morgan fingerprint density at radius 3 is 2.46 bits per heavy atom. The number of aromatic nitrogens is 2. The maximum absolute atomic E-state index is 13.0.